The van der Waals surface area contributed by atoms with Gasteiger partial charge in [0.2, 0.25) is 0 Å². The van der Waals surface area contributed by atoms with E-state index in [4.69, 9.17) is 10.5 Å². The molecule has 2 heteroatoms. The molecule has 1 aromatic carbocycles. The molecule has 0 aliphatic heterocycles. The van der Waals surface area contributed by atoms with Crippen LogP contribution in [0.15, 0.2) is 24.3 Å². The zero-order valence-corrected chi connectivity index (χ0v) is 8.79. The van der Waals surface area contributed by atoms with Crippen LogP contribution in [0, 0.1) is 5.41 Å². The van der Waals surface area contributed by atoms with Gasteiger partial charge in [0.15, 0.2) is 0 Å². The molecule has 1 aliphatic carbocycles. The minimum atomic E-state index is 0.342. The number of ether oxygens (including phenoxy) is 1. The molecule has 2 atom stereocenters. The summed E-state index contributed by atoms with van der Waals surface area (Å²) in [5.41, 5.74) is 7.57. The van der Waals surface area contributed by atoms with E-state index < -0.39 is 0 Å². The van der Waals surface area contributed by atoms with E-state index >= 15 is 0 Å². The van der Waals surface area contributed by atoms with Crippen molar-refractivity contribution in [1.82, 2.24) is 0 Å². The SMILES string of the molecule is COc1ccc(C[C@@]2(C)C[C@@H]2N)cc1. The Kier molecular flexibility index (Phi) is 2.23. The number of hydrogen-bond donors (Lipinski definition) is 1. The molecule has 0 heterocycles. The average molecular weight is 191 g/mol. The molecule has 0 unspecified atom stereocenters. The molecule has 2 nitrogen and oxygen atoms in total. The van der Waals surface area contributed by atoms with Crippen LogP contribution in [0.2, 0.25) is 0 Å². The number of rotatable bonds is 3. The highest BCUT2D eigenvalue weighted by atomic mass is 16.5. The predicted molar refractivity (Wildman–Crippen MR) is 57.4 cm³/mol. The van der Waals surface area contributed by atoms with Gasteiger partial charge in [0.25, 0.3) is 0 Å². The molecule has 0 saturated heterocycles. The minimum absolute atomic E-state index is 0.342. The van der Waals surface area contributed by atoms with E-state index in [1.165, 1.54) is 5.56 Å². The molecule has 1 fully saturated rings. The minimum Gasteiger partial charge on any atom is -0.497 e. The first-order chi connectivity index (χ1) is 6.64. The normalized spacial score (nSPS) is 30.1. The fourth-order valence-electron chi connectivity index (χ4n) is 1.86. The van der Waals surface area contributed by atoms with Gasteiger partial charge < -0.3 is 10.5 Å². The summed E-state index contributed by atoms with van der Waals surface area (Å²) in [6.45, 7) is 2.25. The molecule has 2 N–H and O–H groups in total. The van der Waals surface area contributed by atoms with Gasteiger partial charge in [-0.3, -0.25) is 0 Å². The van der Waals surface area contributed by atoms with Crippen LogP contribution in [-0.2, 0) is 6.42 Å². The molecular weight excluding hydrogens is 174 g/mol. The Morgan fingerprint density at radius 3 is 2.43 bits per heavy atom. The molecule has 14 heavy (non-hydrogen) atoms. The lowest BCUT2D eigenvalue weighted by Gasteiger charge is -2.09. The van der Waals surface area contributed by atoms with Crippen molar-refractivity contribution in [2.45, 2.75) is 25.8 Å². The fourth-order valence-corrected chi connectivity index (χ4v) is 1.86. The van der Waals surface area contributed by atoms with Crippen LogP contribution in [0.3, 0.4) is 0 Å². The first-order valence-electron chi connectivity index (χ1n) is 5.02. The Labute approximate surface area is 85.1 Å². The molecule has 0 amide bonds. The van der Waals surface area contributed by atoms with Crippen LogP contribution in [0.1, 0.15) is 18.9 Å². The number of hydrogen-bond acceptors (Lipinski definition) is 2. The van der Waals surface area contributed by atoms with Crippen molar-refractivity contribution in [3.8, 4) is 5.75 Å². The summed E-state index contributed by atoms with van der Waals surface area (Å²) in [4.78, 5) is 0. The van der Waals surface area contributed by atoms with Gasteiger partial charge in [0.05, 0.1) is 7.11 Å². The standard InChI is InChI=1S/C12H17NO/c1-12(8-11(12)13)7-9-3-5-10(14-2)6-4-9/h3-6,11H,7-8,13H2,1-2H3/t11-,12-/m0/s1. The molecule has 0 radical (unpaired) electrons. The lowest BCUT2D eigenvalue weighted by molar-refractivity contribution is 0.414. The van der Waals surface area contributed by atoms with E-state index in [-0.39, 0.29) is 0 Å². The van der Waals surface area contributed by atoms with E-state index in [1.807, 2.05) is 12.1 Å². The molecule has 0 aromatic heterocycles. The summed E-state index contributed by atoms with van der Waals surface area (Å²) in [6, 6.07) is 8.65. The first-order valence-corrected chi connectivity index (χ1v) is 5.02. The van der Waals surface area contributed by atoms with E-state index in [1.54, 1.807) is 7.11 Å². The van der Waals surface area contributed by atoms with Crippen LogP contribution in [-0.4, -0.2) is 13.2 Å². The highest BCUT2D eigenvalue weighted by molar-refractivity contribution is 5.29. The van der Waals surface area contributed by atoms with Gasteiger partial charge in [-0.25, -0.2) is 0 Å². The van der Waals surface area contributed by atoms with Crippen LogP contribution in [0.25, 0.3) is 0 Å². The van der Waals surface area contributed by atoms with Gasteiger partial charge in [-0.15, -0.1) is 0 Å². The first kappa shape index (κ1) is 9.53. The summed E-state index contributed by atoms with van der Waals surface area (Å²) in [7, 11) is 1.69. The van der Waals surface area contributed by atoms with Crippen LogP contribution >= 0.6 is 0 Å². The average Bonchev–Trinajstić information content (AvgIpc) is 2.75. The van der Waals surface area contributed by atoms with Crippen molar-refractivity contribution in [3.63, 3.8) is 0 Å². The molecular formula is C12H17NO. The number of methoxy groups -OCH3 is 1. The summed E-state index contributed by atoms with van der Waals surface area (Å²) < 4.78 is 5.11. The second kappa shape index (κ2) is 3.28. The maximum atomic E-state index is 5.88. The third kappa shape index (κ3) is 1.75. The van der Waals surface area contributed by atoms with Gasteiger partial charge in [-0.1, -0.05) is 19.1 Å². The van der Waals surface area contributed by atoms with E-state index in [0.717, 1.165) is 18.6 Å². The Balaban J connectivity index is 2.04. The smallest absolute Gasteiger partial charge is 0.118 e. The van der Waals surface area contributed by atoms with Crippen molar-refractivity contribution in [1.29, 1.82) is 0 Å². The Morgan fingerprint density at radius 2 is 2.00 bits per heavy atom. The maximum absolute atomic E-state index is 5.88. The van der Waals surface area contributed by atoms with Gasteiger partial charge in [0, 0.05) is 6.04 Å². The van der Waals surface area contributed by atoms with Crippen LogP contribution in [0.4, 0.5) is 0 Å². The molecule has 1 aromatic rings. The highest BCUT2D eigenvalue weighted by Gasteiger charge is 2.46. The molecule has 2 rings (SSSR count). The molecule has 0 bridgehead atoms. The predicted octanol–water partition coefficient (Wildman–Crippen LogP) is 1.97. The molecule has 1 saturated carbocycles. The van der Waals surface area contributed by atoms with Gasteiger partial charge in [-0.05, 0) is 36.0 Å². The Bertz CT molecular complexity index is 320. The summed E-state index contributed by atoms with van der Waals surface area (Å²) in [5.74, 6) is 0.916. The second-order valence-corrected chi connectivity index (χ2v) is 4.49. The van der Waals surface area contributed by atoms with Crippen LogP contribution in [0.5, 0.6) is 5.75 Å². The summed E-state index contributed by atoms with van der Waals surface area (Å²) in [6.07, 6.45) is 2.23. The number of benzene rings is 1. The zero-order chi connectivity index (χ0) is 10.2. The third-order valence-corrected chi connectivity index (χ3v) is 3.19. The monoisotopic (exact) mass is 191 g/mol. The van der Waals surface area contributed by atoms with Crippen molar-refractivity contribution >= 4 is 0 Å². The topological polar surface area (TPSA) is 35.2 Å². The zero-order valence-electron chi connectivity index (χ0n) is 8.79. The molecule has 0 spiro atoms. The number of nitrogens with two attached hydrogens (primary N) is 1. The van der Waals surface area contributed by atoms with Crippen molar-refractivity contribution in [3.05, 3.63) is 29.8 Å². The lowest BCUT2D eigenvalue weighted by atomic mass is 9.98. The van der Waals surface area contributed by atoms with Crippen molar-refractivity contribution in [2.75, 3.05) is 7.11 Å². The lowest BCUT2D eigenvalue weighted by Crippen LogP contribution is -2.12. The van der Waals surface area contributed by atoms with Crippen LogP contribution < -0.4 is 10.5 Å². The van der Waals surface area contributed by atoms with E-state index in [0.29, 0.717) is 11.5 Å². The summed E-state index contributed by atoms with van der Waals surface area (Å²) in [5, 5.41) is 0. The molecule has 76 valence electrons. The summed E-state index contributed by atoms with van der Waals surface area (Å²) >= 11 is 0. The Hall–Kier alpha value is -1.02. The van der Waals surface area contributed by atoms with Gasteiger partial charge in [-0.2, -0.15) is 0 Å². The van der Waals surface area contributed by atoms with Crippen molar-refractivity contribution in [2.24, 2.45) is 11.1 Å². The van der Waals surface area contributed by atoms with E-state index in [9.17, 15) is 0 Å². The maximum Gasteiger partial charge on any atom is 0.118 e. The molecule has 1 aliphatic rings. The fraction of sp³-hybridized carbons (Fsp3) is 0.500. The third-order valence-electron chi connectivity index (χ3n) is 3.19. The highest BCUT2D eigenvalue weighted by Crippen LogP contribution is 2.46. The van der Waals surface area contributed by atoms with E-state index in [2.05, 4.69) is 19.1 Å². The second-order valence-electron chi connectivity index (χ2n) is 4.49. The van der Waals surface area contributed by atoms with Gasteiger partial charge in [0.1, 0.15) is 5.75 Å². The largest absolute Gasteiger partial charge is 0.497 e. The quantitative estimate of drug-likeness (QED) is 0.792. The van der Waals surface area contributed by atoms with Gasteiger partial charge >= 0.3 is 0 Å². The Morgan fingerprint density at radius 1 is 1.43 bits per heavy atom. The van der Waals surface area contributed by atoms with Crippen molar-refractivity contribution < 1.29 is 4.74 Å².